The highest BCUT2D eigenvalue weighted by Gasteiger charge is 1.99. The highest BCUT2D eigenvalue weighted by atomic mass is 35.5. The number of hydrogen-bond donors (Lipinski definition) is 1. The van der Waals surface area contributed by atoms with Gasteiger partial charge >= 0.3 is 0 Å². The lowest BCUT2D eigenvalue weighted by Gasteiger charge is -1.96. The van der Waals surface area contributed by atoms with E-state index in [9.17, 15) is 4.79 Å². The summed E-state index contributed by atoms with van der Waals surface area (Å²) in [6.07, 6.45) is 1.41. The number of nitrogens with zero attached hydrogens (tertiary/aromatic N) is 1. The molecular weight excluding hydrogens is 188 g/mol. The average Bonchev–Trinajstić information content (AvgIpc) is 2.09. The molecule has 0 aliphatic rings. The molecule has 0 saturated heterocycles. The van der Waals surface area contributed by atoms with Gasteiger partial charge in [0.05, 0.1) is 6.21 Å². The maximum atomic E-state index is 11.0. The largest absolute Gasteiger partial charge is 0.323 e. The van der Waals surface area contributed by atoms with Crippen molar-refractivity contribution in [2.24, 2.45) is 10.9 Å². The summed E-state index contributed by atoms with van der Waals surface area (Å²) in [4.78, 5) is 11.0. The second-order valence-electron chi connectivity index (χ2n) is 2.55. The van der Waals surface area contributed by atoms with E-state index in [1.807, 2.05) is 0 Å². The van der Waals surface area contributed by atoms with Crippen molar-refractivity contribution in [2.45, 2.75) is 6.42 Å². The maximum absolute atomic E-state index is 11.0. The van der Waals surface area contributed by atoms with Crippen molar-refractivity contribution in [3.8, 4) is 0 Å². The van der Waals surface area contributed by atoms with Gasteiger partial charge in [0.25, 0.3) is 0 Å². The van der Waals surface area contributed by atoms with Crippen LogP contribution in [-0.4, -0.2) is 12.0 Å². The minimum Gasteiger partial charge on any atom is -0.323 e. The van der Waals surface area contributed by atoms with Crippen LogP contribution in [0.4, 0.5) is 0 Å². The summed E-state index contributed by atoms with van der Waals surface area (Å²) in [5.41, 5.74) is 0.898. The van der Waals surface area contributed by atoms with Crippen LogP contribution in [0, 0.1) is 0 Å². The third-order valence-electron chi connectivity index (χ3n) is 1.51. The second-order valence-corrected chi connectivity index (χ2v) is 2.98. The zero-order chi connectivity index (χ0) is 9.68. The molecule has 0 aliphatic carbocycles. The van der Waals surface area contributed by atoms with Crippen LogP contribution in [-0.2, 0) is 11.2 Å². The van der Waals surface area contributed by atoms with Crippen molar-refractivity contribution < 1.29 is 4.79 Å². The van der Waals surface area contributed by atoms with E-state index >= 15 is 0 Å². The summed E-state index contributed by atoms with van der Waals surface area (Å²) in [5, 5.41) is 3.80. The predicted molar refractivity (Wildman–Crippen MR) is 52.8 cm³/mol. The van der Waals surface area contributed by atoms with Crippen molar-refractivity contribution in [2.75, 3.05) is 0 Å². The van der Waals surface area contributed by atoms with Crippen LogP contribution in [0.5, 0.6) is 0 Å². The van der Waals surface area contributed by atoms with Gasteiger partial charge in [-0.15, -0.1) is 0 Å². The second kappa shape index (κ2) is 4.62. The monoisotopic (exact) mass is 196 g/mol. The normalized spacial score (nSPS) is 10.5. The Morgan fingerprint density at radius 2 is 2.08 bits per heavy atom. The summed E-state index contributed by atoms with van der Waals surface area (Å²) in [5.74, 6) is 4.71. The van der Waals surface area contributed by atoms with E-state index in [2.05, 4.69) is 5.10 Å². The Bertz CT molecular complexity index is 319. The first-order valence-electron chi connectivity index (χ1n) is 3.73. The molecule has 0 bridgehead atoms. The van der Waals surface area contributed by atoms with Crippen molar-refractivity contribution >= 4 is 23.6 Å². The molecule has 0 amide bonds. The Morgan fingerprint density at radius 1 is 1.46 bits per heavy atom. The molecule has 1 aromatic rings. The fraction of sp³-hybridized carbons (Fsp3) is 0.111. The fourth-order valence-electron chi connectivity index (χ4n) is 0.932. The number of ketones is 1. The molecule has 13 heavy (non-hydrogen) atoms. The van der Waals surface area contributed by atoms with Crippen molar-refractivity contribution in [1.29, 1.82) is 0 Å². The molecule has 3 nitrogen and oxygen atoms in total. The molecule has 0 unspecified atom stereocenters. The highest BCUT2D eigenvalue weighted by molar-refractivity contribution is 6.30. The summed E-state index contributed by atoms with van der Waals surface area (Å²) in [6.45, 7) is 0. The Hall–Kier alpha value is -1.35. The van der Waals surface area contributed by atoms with Crippen molar-refractivity contribution in [3.63, 3.8) is 0 Å². The van der Waals surface area contributed by atoms with E-state index in [1.165, 1.54) is 0 Å². The van der Waals surface area contributed by atoms with Crippen LogP contribution in [0.15, 0.2) is 29.4 Å². The van der Waals surface area contributed by atoms with Crippen LogP contribution in [0.3, 0.4) is 0 Å². The molecule has 0 heterocycles. The maximum Gasteiger partial charge on any atom is 0.179 e. The SMILES string of the molecule is NN=CC(=O)Cc1ccc(Cl)cc1. The molecule has 0 radical (unpaired) electrons. The molecule has 4 heteroatoms. The summed E-state index contributed by atoms with van der Waals surface area (Å²) >= 11 is 5.68. The van der Waals surface area contributed by atoms with Crippen LogP contribution >= 0.6 is 11.6 Å². The average molecular weight is 197 g/mol. The van der Waals surface area contributed by atoms with E-state index < -0.39 is 0 Å². The van der Waals surface area contributed by atoms with Gasteiger partial charge in [-0.05, 0) is 17.7 Å². The third-order valence-corrected chi connectivity index (χ3v) is 1.76. The molecule has 2 N–H and O–H groups in total. The van der Waals surface area contributed by atoms with E-state index in [1.54, 1.807) is 24.3 Å². The first-order valence-corrected chi connectivity index (χ1v) is 4.10. The zero-order valence-electron chi connectivity index (χ0n) is 6.90. The predicted octanol–water partition coefficient (Wildman–Crippen LogP) is 1.40. The molecule has 1 rings (SSSR count). The quantitative estimate of drug-likeness (QED) is 0.451. The number of hydrogen-bond acceptors (Lipinski definition) is 3. The Labute approximate surface area is 81.2 Å². The van der Waals surface area contributed by atoms with Crippen LogP contribution < -0.4 is 5.84 Å². The number of nitrogens with two attached hydrogens (primary N) is 1. The van der Waals surface area contributed by atoms with Gasteiger partial charge in [0.2, 0.25) is 0 Å². The topological polar surface area (TPSA) is 55.4 Å². The zero-order valence-corrected chi connectivity index (χ0v) is 7.66. The van der Waals surface area contributed by atoms with Gasteiger partial charge in [0.1, 0.15) is 0 Å². The van der Waals surface area contributed by atoms with Crippen molar-refractivity contribution in [3.05, 3.63) is 34.9 Å². The molecule has 0 spiro atoms. The number of carbonyl (C=O) groups is 1. The van der Waals surface area contributed by atoms with E-state index in [4.69, 9.17) is 17.4 Å². The molecule has 0 fully saturated rings. The van der Waals surface area contributed by atoms with E-state index in [0.29, 0.717) is 11.4 Å². The summed E-state index contributed by atoms with van der Waals surface area (Å²) in [6, 6.07) is 7.07. The Balaban J connectivity index is 2.64. The Kier molecular flexibility index (Phi) is 3.46. The molecule has 1 aromatic carbocycles. The molecule has 68 valence electrons. The van der Waals surface area contributed by atoms with Gasteiger partial charge in [-0.3, -0.25) is 4.79 Å². The van der Waals surface area contributed by atoms with E-state index in [-0.39, 0.29) is 5.78 Å². The molecule has 0 atom stereocenters. The van der Waals surface area contributed by atoms with E-state index in [0.717, 1.165) is 11.8 Å². The number of Topliss-reactive ketones (excluding diaryl/α,β-unsaturated/α-hetero) is 1. The van der Waals surface area contributed by atoms with Gasteiger partial charge in [-0.25, -0.2) is 0 Å². The van der Waals surface area contributed by atoms with Crippen LogP contribution in [0.2, 0.25) is 5.02 Å². The first-order chi connectivity index (χ1) is 6.22. The van der Waals surface area contributed by atoms with Crippen molar-refractivity contribution in [1.82, 2.24) is 0 Å². The fourth-order valence-corrected chi connectivity index (χ4v) is 1.06. The molecule has 0 aromatic heterocycles. The molecular formula is C9H9ClN2O. The standard InChI is InChI=1S/C9H9ClN2O/c10-8-3-1-7(2-4-8)5-9(13)6-12-11/h1-4,6H,5,11H2. The smallest absolute Gasteiger partial charge is 0.179 e. The number of hydrazone groups is 1. The minimum atomic E-state index is -0.121. The number of rotatable bonds is 3. The van der Waals surface area contributed by atoms with Gasteiger partial charge in [-0.2, -0.15) is 5.10 Å². The van der Waals surface area contributed by atoms with Gasteiger partial charge in [-0.1, -0.05) is 23.7 Å². The van der Waals surface area contributed by atoms with Gasteiger partial charge < -0.3 is 5.84 Å². The first kappa shape index (κ1) is 9.74. The minimum absolute atomic E-state index is 0.121. The molecule has 0 saturated carbocycles. The van der Waals surface area contributed by atoms with Crippen LogP contribution in [0.25, 0.3) is 0 Å². The number of halogens is 1. The number of benzene rings is 1. The lowest BCUT2D eigenvalue weighted by molar-refractivity contribution is -0.112. The lowest BCUT2D eigenvalue weighted by Crippen LogP contribution is -2.04. The molecule has 0 aliphatic heterocycles. The van der Waals surface area contributed by atoms with Gasteiger partial charge in [0, 0.05) is 11.4 Å². The van der Waals surface area contributed by atoms with Gasteiger partial charge in [0.15, 0.2) is 5.78 Å². The lowest BCUT2D eigenvalue weighted by atomic mass is 10.1. The Morgan fingerprint density at radius 3 is 2.62 bits per heavy atom. The summed E-state index contributed by atoms with van der Waals surface area (Å²) < 4.78 is 0. The summed E-state index contributed by atoms with van der Waals surface area (Å²) in [7, 11) is 0. The van der Waals surface area contributed by atoms with Crippen LogP contribution in [0.1, 0.15) is 5.56 Å². The number of carbonyl (C=O) groups excluding carboxylic acids is 1. The third kappa shape index (κ3) is 3.25. The highest BCUT2D eigenvalue weighted by Crippen LogP contribution is 2.09.